The van der Waals surface area contributed by atoms with Crippen molar-refractivity contribution in [2.75, 3.05) is 0 Å². The van der Waals surface area contributed by atoms with E-state index in [2.05, 4.69) is 43.0 Å². The van der Waals surface area contributed by atoms with Crippen LogP contribution >= 0.6 is 31.9 Å². The average Bonchev–Trinajstić information content (AvgIpc) is 2.89. The van der Waals surface area contributed by atoms with E-state index in [9.17, 15) is 0 Å². The van der Waals surface area contributed by atoms with Crippen LogP contribution < -0.4 is 0 Å². The first kappa shape index (κ1) is 12.6. The molecule has 2 aromatic carbocycles. The molecule has 3 rings (SSSR count). The molecule has 0 saturated heterocycles. The van der Waals surface area contributed by atoms with E-state index >= 15 is 0 Å². The van der Waals surface area contributed by atoms with E-state index in [-0.39, 0.29) is 0 Å². The molecule has 0 aliphatic carbocycles. The highest BCUT2D eigenvalue weighted by atomic mass is 79.9. The lowest BCUT2D eigenvalue weighted by molar-refractivity contribution is 0.880. The second-order valence-corrected chi connectivity index (χ2v) is 5.90. The minimum atomic E-state index is 1.04. The zero-order valence-electron chi connectivity index (χ0n) is 9.92. The standard InChI is InChI=1S/C15H10Br2N2/c16-12-5-7-13(8-6-12)19-10-11(9-18-19)14-3-1-2-4-15(14)17/h1-10H. The van der Waals surface area contributed by atoms with Crippen LogP contribution in [-0.4, -0.2) is 9.78 Å². The summed E-state index contributed by atoms with van der Waals surface area (Å²) in [5.41, 5.74) is 3.28. The molecular formula is C15H10Br2N2. The van der Waals surface area contributed by atoms with Gasteiger partial charge in [0.2, 0.25) is 0 Å². The maximum Gasteiger partial charge on any atom is 0.0646 e. The summed E-state index contributed by atoms with van der Waals surface area (Å²) >= 11 is 7.00. The predicted octanol–water partition coefficient (Wildman–Crippen LogP) is 5.06. The lowest BCUT2D eigenvalue weighted by atomic mass is 10.1. The Morgan fingerprint density at radius 1 is 0.895 bits per heavy atom. The van der Waals surface area contributed by atoms with E-state index in [1.165, 1.54) is 0 Å². The van der Waals surface area contributed by atoms with E-state index < -0.39 is 0 Å². The minimum absolute atomic E-state index is 1.04. The fourth-order valence-corrected chi connectivity index (χ4v) is 2.67. The van der Waals surface area contributed by atoms with Crippen molar-refractivity contribution in [3.05, 3.63) is 69.9 Å². The molecule has 2 nitrogen and oxygen atoms in total. The van der Waals surface area contributed by atoms with Crippen LogP contribution in [0.4, 0.5) is 0 Å². The molecule has 3 aromatic rings. The van der Waals surface area contributed by atoms with Gasteiger partial charge in [0.1, 0.15) is 0 Å². The number of benzene rings is 2. The lowest BCUT2D eigenvalue weighted by Gasteiger charge is -2.01. The van der Waals surface area contributed by atoms with Crippen molar-refractivity contribution < 1.29 is 0 Å². The Labute approximate surface area is 128 Å². The summed E-state index contributed by atoms with van der Waals surface area (Å²) in [6.07, 6.45) is 3.91. The van der Waals surface area contributed by atoms with Gasteiger partial charge in [-0.3, -0.25) is 0 Å². The van der Waals surface area contributed by atoms with Crippen molar-refractivity contribution in [2.45, 2.75) is 0 Å². The number of hydrogen-bond acceptors (Lipinski definition) is 1. The third-order valence-corrected chi connectivity index (χ3v) is 4.08. The SMILES string of the molecule is Brc1ccc(-n2cc(-c3ccccc3Br)cn2)cc1. The summed E-state index contributed by atoms with van der Waals surface area (Å²) in [6, 6.07) is 16.2. The summed E-state index contributed by atoms with van der Waals surface area (Å²) in [7, 11) is 0. The summed E-state index contributed by atoms with van der Waals surface area (Å²) in [6.45, 7) is 0. The van der Waals surface area contributed by atoms with E-state index in [1.807, 2.05) is 59.5 Å². The summed E-state index contributed by atoms with van der Waals surface area (Å²) in [5.74, 6) is 0. The maximum atomic E-state index is 4.41. The Morgan fingerprint density at radius 2 is 1.63 bits per heavy atom. The van der Waals surface area contributed by atoms with Gasteiger partial charge in [0, 0.05) is 20.7 Å². The topological polar surface area (TPSA) is 17.8 Å². The van der Waals surface area contributed by atoms with Gasteiger partial charge in [0.05, 0.1) is 11.9 Å². The number of nitrogens with zero attached hydrogens (tertiary/aromatic N) is 2. The van der Waals surface area contributed by atoms with Gasteiger partial charge in [0.15, 0.2) is 0 Å². The zero-order valence-corrected chi connectivity index (χ0v) is 13.1. The molecule has 0 aliphatic rings. The molecule has 94 valence electrons. The predicted molar refractivity (Wildman–Crippen MR) is 84.4 cm³/mol. The first-order valence-corrected chi connectivity index (χ1v) is 7.38. The smallest absolute Gasteiger partial charge is 0.0646 e. The average molecular weight is 378 g/mol. The quantitative estimate of drug-likeness (QED) is 0.610. The minimum Gasteiger partial charge on any atom is -0.240 e. The van der Waals surface area contributed by atoms with Gasteiger partial charge in [-0.2, -0.15) is 5.10 Å². The van der Waals surface area contributed by atoms with Gasteiger partial charge in [-0.1, -0.05) is 50.1 Å². The van der Waals surface area contributed by atoms with Crippen LogP contribution in [0.1, 0.15) is 0 Å². The van der Waals surface area contributed by atoms with Crippen molar-refractivity contribution >= 4 is 31.9 Å². The van der Waals surface area contributed by atoms with Crippen LogP contribution in [0.2, 0.25) is 0 Å². The lowest BCUT2D eigenvalue weighted by Crippen LogP contribution is -1.92. The summed E-state index contributed by atoms with van der Waals surface area (Å²) in [5, 5.41) is 4.41. The van der Waals surface area contributed by atoms with Crippen LogP contribution in [0.5, 0.6) is 0 Å². The molecule has 0 N–H and O–H groups in total. The normalized spacial score (nSPS) is 10.6. The first-order chi connectivity index (χ1) is 9.24. The van der Waals surface area contributed by atoms with E-state index in [4.69, 9.17) is 0 Å². The third kappa shape index (κ3) is 2.65. The molecular weight excluding hydrogens is 368 g/mol. The highest BCUT2D eigenvalue weighted by molar-refractivity contribution is 9.10. The van der Waals surface area contributed by atoms with Gasteiger partial charge in [-0.25, -0.2) is 4.68 Å². The fraction of sp³-hybridized carbons (Fsp3) is 0. The molecule has 1 aromatic heterocycles. The van der Waals surface area contributed by atoms with Crippen LogP contribution in [-0.2, 0) is 0 Å². The van der Waals surface area contributed by atoms with E-state index in [0.29, 0.717) is 0 Å². The van der Waals surface area contributed by atoms with Crippen molar-refractivity contribution in [2.24, 2.45) is 0 Å². The molecule has 0 fully saturated rings. The monoisotopic (exact) mass is 376 g/mol. The second kappa shape index (κ2) is 5.31. The molecule has 0 saturated carbocycles. The number of hydrogen-bond donors (Lipinski definition) is 0. The highest BCUT2D eigenvalue weighted by Crippen LogP contribution is 2.28. The number of rotatable bonds is 2. The van der Waals surface area contributed by atoms with E-state index in [0.717, 1.165) is 25.8 Å². The molecule has 19 heavy (non-hydrogen) atoms. The second-order valence-electron chi connectivity index (χ2n) is 4.13. The Balaban J connectivity index is 2.00. The zero-order chi connectivity index (χ0) is 13.2. The molecule has 4 heteroatoms. The molecule has 0 radical (unpaired) electrons. The molecule has 0 atom stereocenters. The molecule has 0 amide bonds. The summed E-state index contributed by atoms with van der Waals surface area (Å²) < 4.78 is 4.01. The van der Waals surface area contributed by atoms with Crippen molar-refractivity contribution in [3.63, 3.8) is 0 Å². The van der Waals surface area contributed by atoms with Gasteiger partial charge < -0.3 is 0 Å². The van der Waals surface area contributed by atoms with Crippen LogP contribution in [0, 0.1) is 0 Å². The van der Waals surface area contributed by atoms with Gasteiger partial charge >= 0.3 is 0 Å². The van der Waals surface area contributed by atoms with Crippen LogP contribution in [0.25, 0.3) is 16.8 Å². The summed E-state index contributed by atoms with van der Waals surface area (Å²) in [4.78, 5) is 0. The highest BCUT2D eigenvalue weighted by Gasteiger charge is 2.06. The maximum absolute atomic E-state index is 4.41. The van der Waals surface area contributed by atoms with Gasteiger partial charge in [0.25, 0.3) is 0 Å². The van der Waals surface area contributed by atoms with E-state index in [1.54, 1.807) is 0 Å². The van der Waals surface area contributed by atoms with Gasteiger partial charge in [-0.05, 0) is 35.9 Å². The van der Waals surface area contributed by atoms with Gasteiger partial charge in [-0.15, -0.1) is 0 Å². The Kier molecular flexibility index (Phi) is 3.53. The van der Waals surface area contributed by atoms with Crippen molar-refractivity contribution in [3.8, 4) is 16.8 Å². The Morgan fingerprint density at radius 3 is 2.37 bits per heavy atom. The number of aromatic nitrogens is 2. The molecule has 0 unspecified atom stereocenters. The van der Waals surface area contributed by atoms with Crippen molar-refractivity contribution in [1.29, 1.82) is 0 Å². The Bertz CT molecular complexity index is 702. The molecule has 1 heterocycles. The fourth-order valence-electron chi connectivity index (χ4n) is 1.89. The largest absolute Gasteiger partial charge is 0.240 e. The van der Waals surface area contributed by atoms with Crippen LogP contribution in [0.15, 0.2) is 69.9 Å². The number of halogens is 2. The first-order valence-electron chi connectivity index (χ1n) is 5.79. The Hall–Kier alpha value is -1.39. The van der Waals surface area contributed by atoms with Crippen molar-refractivity contribution in [1.82, 2.24) is 9.78 Å². The molecule has 0 spiro atoms. The molecule has 0 bridgehead atoms. The third-order valence-electron chi connectivity index (χ3n) is 2.86. The molecule has 0 aliphatic heterocycles. The van der Waals surface area contributed by atoms with Crippen LogP contribution in [0.3, 0.4) is 0 Å².